The summed E-state index contributed by atoms with van der Waals surface area (Å²) in [4.78, 5) is 46.1. The highest BCUT2D eigenvalue weighted by Crippen LogP contribution is 2.27. The van der Waals surface area contributed by atoms with Crippen molar-refractivity contribution in [2.24, 2.45) is 13.0 Å². The number of carbonyl (C=O) groups excluding carboxylic acids is 2. The van der Waals surface area contributed by atoms with Crippen molar-refractivity contribution in [1.82, 2.24) is 25.2 Å². The van der Waals surface area contributed by atoms with Crippen molar-refractivity contribution in [2.75, 3.05) is 5.32 Å². The van der Waals surface area contributed by atoms with Crippen LogP contribution in [0.15, 0.2) is 59.4 Å². The molecule has 4 aromatic rings. The highest BCUT2D eigenvalue weighted by Gasteiger charge is 2.29. The molecule has 2 atom stereocenters. The first-order chi connectivity index (χ1) is 18.6. The number of carboxylic acids is 1. The van der Waals surface area contributed by atoms with Gasteiger partial charge in [0.15, 0.2) is 5.69 Å². The second-order valence-corrected chi connectivity index (χ2v) is 9.83. The first-order valence-corrected chi connectivity index (χ1v) is 12.6. The molecule has 0 aliphatic carbocycles. The van der Waals surface area contributed by atoms with Crippen LogP contribution in [0.4, 0.5) is 10.5 Å². The van der Waals surface area contributed by atoms with Gasteiger partial charge in [0.2, 0.25) is 11.8 Å². The molecular weight excluding hydrogens is 500 g/mol. The van der Waals surface area contributed by atoms with Crippen molar-refractivity contribution >= 4 is 34.5 Å². The number of nitrogens with zero attached hydrogens (tertiary/aromatic N) is 3. The number of benzene rings is 1. The van der Waals surface area contributed by atoms with E-state index in [2.05, 4.69) is 25.9 Å². The van der Waals surface area contributed by atoms with Gasteiger partial charge in [-0.15, -0.1) is 0 Å². The van der Waals surface area contributed by atoms with Crippen molar-refractivity contribution in [3.05, 3.63) is 77.9 Å². The van der Waals surface area contributed by atoms with E-state index in [0.717, 1.165) is 16.5 Å². The predicted octanol–water partition coefficient (Wildman–Crippen LogP) is 4.20. The van der Waals surface area contributed by atoms with Crippen molar-refractivity contribution < 1.29 is 23.9 Å². The molecule has 3 heterocycles. The summed E-state index contributed by atoms with van der Waals surface area (Å²) in [6, 6.07) is 9.04. The van der Waals surface area contributed by atoms with E-state index < -0.39 is 30.0 Å². The lowest BCUT2D eigenvalue weighted by Crippen LogP contribution is -2.49. The van der Waals surface area contributed by atoms with Crippen LogP contribution in [0.5, 0.6) is 0 Å². The molecule has 204 valence electrons. The number of urea groups is 1. The van der Waals surface area contributed by atoms with Gasteiger partial charge in [-0.05, 0) is 43.0 Å². The van der Waals surface area contributed by atoms with E-state index >= 15 is 0 Å². The average Bonchev–Trinajstić information content (AvgIpc) is 3.43. The van der Waals surface area contributed by atoms with E-state index in [1.807, 2.05) is 55.9 Å². The number of rotatable bonds is 10. The zero-order valence-electron chi connectivity index (χ0n) is 22.3. The summed E-state index contributed by atoms with van der Waals surface area (Å²) in [5, 5.41) is 18.9. The van der Waals surface area contributed by atoms with E-state index in [0.29, 0.717) is 18.5 Å². The number of pyridine rings is 1. The van der Waals surface area contributed by atoms with Gasteiger partial charge in [-0.25, -0.2) is 14.6 Å². The molecule has 0 aliphatic heterocycles. The van der Waals surface area contributed by atoms with Crippen LogP contribution >= 0.6 is 0 Å². The largest absolute Gasteiger partial charge is 0.476 e. The van der Waals surface area contributed by atoms with Crippen LogP contribution in [-0.2, 0) is 18.3 Å². The fraction of sp³-hybridized carbons (Fsp3) is 0.321. The summed E-state index contributed by atoms with van der Waals surface area (Å²) in [6.45, 7) is 5.42. The molecule has 0 fully saturated rings. The highest BCUT2D eigenvalue weighted by atomic mass is 16.4. The quantitative estimate of drug-likeness (QED) is 0.239. The first kappa shape index (κ1) is 27.4. The molecule has 4 rings (SSSR count). The molecule has 0 unspecified atom stereocenters. The first-order valence-electron chi connectivity index (χ1n) is 12.6. The van der Waals surface area contributed by atoms with E-state index in [1.165, 1.54) is 13.1 Å². The molecule has 3 amide bonds. The third kappa shape index (κ3) is 6.61. The van der Waals surface area contributed by atoms with Crippen LogP contribution in [0.3, 0.4) is 0 Å². The number of nitrogens with one attached hydrogen (secondary N) is 3. The second kappa shape index (κ2) is 11.8. The number of para-hydroxylation sites is 1. The fourth-order valence-corrected chi connectivity index (χ4v) is 4.51. The van der Waals surface area contributed by atoms with Crippen LogP contribution in [-0.4, -0.2) is 43.6 Å². The van der Waals surface area contributed by atoms with Gasteiger partial charge in [0, 0.05) is 36.8 Å². The predicted molar refractivity (Wildman–Crippen MR) is 145 cm³/mol. The summed E-state index contributed by atoms with van der Waals surface area (Å²) >= 11 is 0. The Morgan fingerprint density at radius 2 is 1.87 bits per heavy atom. The Labute approximate surface area is 225 Å². The third-order valence-electron chi connectivity index (χ3n) is 6.28. The van der Waals surface area contributed by atoms with E-state index in [9.17, 15) is 19.5 Å². The number of carbonyl (C=O) groups is 3. The Balaban J connectivity index is 1.61. The minimum Gasteiger partial charge on any atom is -0.476 e. The lowest BCUT2D eigenvalue weighted by atomic mass is 10.0. The molecule has 4 N–H and O–H groups in total. The second-order valence-electron chi connectivity index (χ2n) is 9.83. The van der Waals surface area contributed by atoms with Gasteiger partial charge in [0.1, 0.15) is 17.8 Å². The fourth-order valence-electron chi connectivity index (χ4n) is 4.51. The minimum atomic E-state index is -1.22. The SMILES string of the molecule is Cc1oc([C@@H](Cc2cn(C)c3ccccc23)NC(=O)[C@H](CC(C)C)NC(=O)Nc2cccnc2)nc1C(=O)O. The van der Waals surface area contributed by atoms with Crippen molar-refractivity contribution in [3.63, 3.8) is 0 Å². The summed E-state index contributed by atoms with van der Waals surface area (Å²) in [7, 11) is 1.93. The number of anilines is 1. The van der Waals surface area contributed by atoms with E-state index in [4.69, 9.17) is 4.42 Å². The average molecular weight is 533 g/mol. The maximum Gasteiger partial charge on any atom is 0.358 e. The van der Waals surface area contributed by atoms with Crippen molar-refractivity contribution in [2.45, 2.75) is 45.7 Å². The smallest absolute Gasteiger partial charge is 0.358 e. The molecular formula is C28H32N6O5. The lowest BCUT2D eigenvalue weighted by molar-refractivity contribution is -0.124. The summed E-state index contributed by atoms with van der Waals surface area (Å²) in [5.41, 5.74) is 2.21. The maximum atomic E-state index is 13.6. The Hall–Kier alpha value is -4.67. The van der Waals surface area contributed by atoms with Crippen LogP contribution < -0.4 is 16.0 Å². The van der Waals surface area contributed by atoms with Gasteiger partial charge in [-0.1, -0.05) is 32.0 Å². The lowest BCUT2D eigenvalue weighted by Gasteiger charge is -2.23. The Kier molecular flexibility index (Phi) is 8.28. The van der Waals surface area contributed by atoms with Gasteiger partial charge in [-0.3, -0.25) is 9.78 Å². The molecule has 0 bridgehead atoms. The van der Waals surface area contributed by atoms with Crippen molar-refractivity contribution in [3.8, 4) is 0 Å². The topological polar surface area (TPSA) is 151 Å². The molecule has 39 heavy (non-hydrogen) atoms. The van der Waals surface area contributed by atoms with Crippen LogP contribution in [0.25, 0.3) is 10.9 Å². The number of hydrogen-bond acceptors (Lipinski definition) is 6. The molecule has 3 aromatic heterocycles. The molecule has 0 saturated heterocycles. The number of aryl methyl sites for hydroxylation is 2. The molecule has 1 aromatic carbocycles. The Morgan fingerprint density at radius 3 is 2.54 bits per heavy atom. The maximum absolute atomic E-state index is 13.6. The van der Waals surface area contributed by atoms with Crippen molar-refractivity contribution in [1.29, 1.82) is 0 Å². The summed E-state index contributed by atoms with van der Waals surface area (Å²) < 4.78 is 7.72. The molecule has 11 heteroatoms. The number of aromatic nitrogens is 3. The molecule has 11 nitrogen and oxygen atoms in total. The van der Waals surface area contributed by atoms with Crippen LogP contribution in [0.2, 0.25) is 0 Å². The normalized spacial score (nSPS) is 12.7. The monoisotopic (exact) mass is 532 g/mol. The summed E-state index contributed by atoms with van der Waals surface area (Å²) in [5.74, 6) is -1.35. The van der Waals surface area contributed by atoms with E-state index in [-0.39, 0.29) is 23.3 Å². The number of aromatic carboxylic acids is 1. The molecule has 0 spiro atoms. The number of fused-ring (bicyclic) bond motifs is 1. The summed E-state index contributed by atoms with van der Waals surface area (Å²) in [6.07, 6.45) is 5.72. The highest BCUT2D eigenvalue weighted by molar-refractivity contribution is 5.93. The van der Waals surface area contributed by atoms with E-state index in [1.54, 1.807) is 18.3 Å². The Morgan fingerprint density at radius 1 is 1.10 bits per heavy atom. The number of carboxylic acid groups (broad SMARTS) is 1. The Bertz CT molecular complexity index is 1480. The number of amides is 3. The van der Waals surface area contributed by atoms with Gasteiger partial charge in [0.25, 0.3) is 0 Å². The third-order valence-corrected chi connectivity index (χ3v) is 6.28. The number of hydrogen-bond donors (Lipinski definition) is 4. The molecule has 0 radical (unpaired) electrons. The zero-order chi connectivity index (χ0) is 28.1. The van der Waals surface area contributed by atoms with Gasteiger partial charge in [-0.2, -0.15) is 0 Å². The molecule has 0 saturated carbocycles. The van der Waals surface area contributed by atoms with Gasteiger partial charge < -0.3 is 30.0 Å². The van der Waals surface area contributed by atoms with Gasteiger partial charge >= 0.3 is 12.0 Å². The van der Waals surface area contributed by atoms with Crippen LogP contribution in [0.1, 0.15) is 54.0 Å². The number of oxazole rings is 1. The standard InChI is InChI=1S/C28H32N6O5/c1-16(2)12-21(32-28(38)30-19-8-7-11-29-14-19)25(35)31-22(26-33-24(27(36)37)17(3)39-26)13-18-15-34(4)23-10-6-5-9-20(18)23/h5-11,14-16,21-22H,12-13H2,1-4H3,(H,31,35)(H,36,37)(H2,30,32,38)/t21-,22+/m0/s1. The van der Waals surface area contributed by atoms with Crippen LogP contribution in [0, 0.1) is 12.8 Å². The molecule has 0 aliphatic rings. The minimum absolute atomic E-state index is 0.0780. The zero-order valence-corrected chi connectivity index (χ0v) is 22.3. The van der Waals surface area contributed by atoms with Gasteiger partial charge in [0.05, 0.1) is 11.9 Å².